The Morgan fingerprint density at radius 2 is 2.10 bits per heavy atom. The van der Waals surface area contributed by atoms with Crippen molar-refractivity contribution in [1.82, 2.24) is 5.32 Å². The van der Waals surface area contributed by atoms with E-state index >= 15 is 0 Å². The summed E-state index contributed by atoms with van der Waals surface area (Å²) in [6, 6.07) is 7.71. The van der Waals surface area contributed by atoms with Crippen LogP contribution in [0.3, 0.4) is 0 Å². The van der Waals surface area contributed by atoms with Crippen molar-refractivity contribution in [3.05, 3.63) is 24.3 Å². The molecule has 0 bridgehead atoms. The monoisotopic (exact) mass is 294 g/mol. The summed E-state index contributed by atoms with van der Waals surface area (Å²) in [5, 5.41) is 3.09. The van der Waals surface area contributed by atoms with Gasteiger partial charge in [-0.15, -0.1) is 11.8 Å². The van der Waals surface area contributed by atoms with Crippen LogP contribution in [0.4, 0.5) is 0 Å². The summed E-state index contributed by atoms with van der Waals surface area (Å²) in [5.74, 6) is 1.82. The number of amides is 1. The first-order valence-corrected chi connectivity index (χ1v) is 7.84. The molecule has 1 aromatic carbocycles. The number of carbonyl (C=O) groups excluding carboxylic acids is 1. The lowest BCUT2D eigenvalue weighted by Crippen LogP contribution is -2.53. The third-order valence-electron chi connectivity index (χ3n) is 3.76. The molecule has 1 aliphatic carbocycles. The van der Waals surface area contributed by atoms with E-state index in [1.54, 1.807) is 7.11 Å². The number of carbonyl (C=O) groups is 1. The molecule has 1 aromatic rings. The molecule has 0 spiro atoms. The summed E-state index contributed by atoms with van der Waals surface area (Å²) in [5.41, 5.74) is 5.56. The summed E-state index contributed by atoms with van der Waals surface area (Å²) >= 11 is 1.52. The Kier molecular flexibility index (Phi) is 4.94. The minimum absolute atomic E-state index is 0.0469. The summed E-state index contributed by atoms with van der Waals surface area (Å²) in [6.07, 6.45) is 2.33. The maximum Gasteiger partial charge on any atom is 0.230 e. The van der Waals surface area contributed by atoms with Crippen LogP contribution in [0.1, 0.15) is 19.8 Å². The summed E-state index contributed by atoms with van der Waals surface area (Å²) in [4.78, 5) is 13.1. The van der Waals surface area contributed by atoms with E-state index in [2.05, 4.69) is 5.32 Å². The average Bonchev–Trinajstić information content (AvgIpc) is 3.30. The second-order valence-corrected chi connectivity index (χ2v) is 6.46. The lowest BCUT2D eigenvalue weighted by Gasteiger charge is -2.29. The molecule has 5 heteroatoms. The molecular weight excluding hydrogens is 272 g/mol. The molecule has 0 radical (unpaired) electrons. The van der Waals surface area contributed by atoms with Crippen LogP contribution in [0.15, 0.2) is 29.2 Å². The van der Waals surface area contributed by atoms with Crippen molar-refractivity contribution in [2.24, 2.45) is 11.7 Å². The quantitative estimate of drug-likeness (QED) is 0.755. The Hall–Kier alpha value is -1.20. The normalized spacial score (nSPS) is 17.4. The fourth-order valence-electron chi connectivity index (χ4n) is 2.22. The largest absolute Gasteiger partial charge is 0.497 e. The van der Waals surface area contributed by atoms with E-state index in [0.717, 1.165) is 10.6 Å². The van der Waals surface area contributed by atoms with Crippen LogP contribution in [-0.4, -0.2) is 30.9 Å². The second kappa shape index (κ2) is 6.50. The zero-order valence-corrected chi connectivity index (χ0v) is 12.8. The van der Waals surface area contributed by atoms with Crippen molar-refractivity contribution in [3.63, 3.8) is 0 Å². The van der Waals surface area contributed by atoms with Crippen molar-refractivity contribution >= 4 is 17.7 Å². The van der Waals surface area contributed by atoms with Gasteiger partial charge in [0.2, 0.25) is 5.91 Å². The molecule has 0 saturated heterocycles. The highest BCUT2D eigenvalue weighted by Crippen LogP contribution is 2.39. The van der Waals surface area contributed by atoms with E-state index in [1.165, 1.54) is 24.6 Å². The molecular formula is C15H22N2O2S. The van der Waals surface area contributed by atoms with Crippen molar-refractivity contribution in [1.29, 1.82) is 0 Å². The number of benzene rings is 1. The highest BCUT2D eigenvalue weighted by Gasteiger charge is 2.41. The molecule has 1 aliphatic rings. The van der Waals surface area contributed by atoms with Gasteiger partial charge in [-0.1, -0.05) is 0 Å². The van der Waals surface area contributed by atoms with Gasteiger partial charge in [0.05, 0.1) is 18.4 Å². The molecule has 1 amide bonds. The van der Waals surface area contributed by atoms with E-state index in [1.807, 2.05) is 31.2 Å². The average molecular weight is 294 g/mol. The molecule has 3 N–H and O–H groups in total. The van der Waals surface area contributed by atoms with Crippen molar-refractivity contribution in [2.45, 2.75) is 30.2 Å². The highest BCUT2D eigenvalue weighted by molar-refractivity contribution is 8.00. The third-order valence-corrected chi connectivity index (χ3v) is 4.77. The van der Waals surface area contributed by atoms with Crippen molar-refractivity contribution in [3.8, 4) is 5.75 Å². The first kappa shape index (κ1) is 15.2. The molecule has 110 valence electrons. The van der Waals surface area contributed by atoms with Gasteiger partial charge < -0.3 is 15.8 Å². The number of hydrogen-bond donors (Lipinski definition) is 2. The minimum atomic E-state index is -0.239. The predicted octanol–water partition coefficient (Wildman–Crippen LogP) is 2.03. The second-order valence-electron chi connectivity index (χ2n) is 5.41. The van der Waals surface area contributed by atoms with Crippen LogP contribution in [0.5, 0.6) is 5.75 Å². The number of ether oxygens (including phenoxy) is 1. The van der Waals surface area contributed by atoms with E-state index in [9.17, 15) is 4.79 Å². The maximum absolute atomic E-state index is 12.0. The number of methoxy groups -OCH3 is 1. The Balaban J connectivity index is 1.82. The van der Waals surface area contributed by atoms with Gasteiger partial charge in [0.15, 0.2) is 0 Å². The third kappa shape index (κ3) is 3.90. The van der Waals surface area contributed by atoms with Gasteiger partial charge in [-0.3, -0.25) is 4.79 Å². The summed E-state index contributed by atoms with van der Waals surface area (Å²) in [7, 11) is 1.64. The van der Waals surface area contributed by atoms with E-state index < -0.39 is 0 Å². The first-order valence-electron chi connectivity index (χ1n) is 6.85. The minimum Gasteiger partial charge on any atom is -0.497 e. The SMILES string of the molecule is COc1ccc(SCC(=O)NC(C)(CN)C2CC2)cc1. The standard InChI is InChI=1S/C15H22N2O2S/c1-15(10-16,11-3-4-11)17-14(18)9-20-13-7-5-12(19-2)6-8-13/h5-8,11H,3-4,9-10,16H2,1-2H3,(H,17,18). The molecule has 1 atom stereocenters. The maximum atomic E-state index is 12.0. The summed E-state index contributed by atoms with van der Waals surface area (Å²) in [6.45, 7) is 2.54. The molecule has 1 unspecified atom stereocenters. The number of rotatable bonds is 7. The number of nitrogens with two attached hydrogens (primary N) is 1. The molecule has 1 fully saturated rings. The fourth-order valence-corrected chi connectivity index (χ4v) is 2.91. The Labute approximate surface area is 124 Å². The van der Waals surface area contributed by atoms with Gasteiger partial charge in [-0.05, 0) is 49.9 Å². The van der Waals surface area contributed by atoms with Crippen molar-refractivity contribution in [2.75, 3.05) is 19.4 Å². The van der Waals surface area contributed by atoms with E-state index in [-0.39, 0.29) is 11.4 Å². The van der Waals surface area contributed by atoms with Crippen LogP contribution in [0.25, 0.3) is 0 Å². The summed E-state index contributed by atoms with van der Waals surface area (Å²) < 4.78 is 5.11. The zero-order chi connectivity index (χ0) is 14.6. The molecule has 4 nitrogen and oxygen atoms in total. The van der Waals surface area contributed by atoms with Gasteiger partial charge in [-0.25, -0.2) is 0 Å². The highest BCUT2D eigenvalue weighted by atomic mass is 32.2. The van der Waals surface area contributed by atoms with Crippen LogP contribution in [0.2, 0.25) is 0 Å². The number of hydrogen-bond acceptors (Lipinski definition) is 4. The first-order chi connectivity index (χ1) is 9.57. The molecule has 20 heavy (non-hydrogen) atoms. The fraction of sp³-hybridized carbons (Fsp3) is 0.533. The van der Waals surface area contributed by atoms with E-state index in [0.29, 0.717) is 18.2 Å². The van der Waals surface area contributed by atoms with E-state index in [4.69, 9.17) is 10.5 Å². The number of thioether (sulfide) groups is 1. The Morgan fingerprint density at radius 1 is 1.45 bits per heavy atom. The smallest absolute Gasteiger partial charge is 0.230 e. The number of nitrogens with one attached hydrogen (secondary N) is 1. The van der Waals surface area contributed by atoms with Crippen LogP contribution < -0.4 is 15.8 Å². The Bertz CT molecular complexity index is 459. The zero-order valence-electron chi connectivity index (χ0n) is 12.0. The van der Waals surface area contributed by atoms with Gasteiger partial charge in [0.1, 0.15) is 5.75 Å². The molecule has 0 aromatic heterocycles. The van der Waals surface area contributed by atoms with Crippen LogP contribution in [-0.2, 0) is 4.79 Å². The lowest BCUT2D eigenvalue weighted by molar-refractivity contribution is -0.120. The predicted molar refractivity (Wildman–Crippen MR) is 82.0 cm³/mol. The lowest BCUT2D eigenvalue weighted by atomic mass is 9.96. The Morgan fingerprint density at radius 3 is 2.60 bits per heavy atom. The molecule has 0 aliphatic heterocycles. The molecule has 0 heterocycles. The van der Waals surface area contributed by atoms with Gasteiger partial charge in [0, 0.05) is 11.4 Å². The van der Waals surface area contributed by atoms with Crippen LogP contribution in [0, 0.1) is 5.92 Å². The van der Waals surface area contributed by atoms with Gasteiger partial charge in [-0.2, -0.15) is 0 Å². The van der Waals surface area contributed by atoms with Gasteiger partial charge in [0.25, 0.3) is 0 Å². The van der Waals surface area contributed by atoms with Crippen molar-refractivity contribution < 1.29 is 9.53 Å². The molecule has 1 saturated carbocycles. The van der Waals surface area contributed by atoms with Gasteiger partial charge >= 0.3 is 0 Å². The molecule has 2 rings (SSSR count). The topological polar surface area (TPSA) is 64.3 Å². The van der Waals surface area contributed by atoms with Crippen LogP contribution >= 0.6 is 11.8 Å².